The standard InChI is InChI=1S/C19H19N3O7S/c1-28-12-2-5-18-14(8-12)17(23)10-19(29-18)6-7-21(11-19)15-4-3-13(30(20,26)27)9-16(15)22(24)25/h2-5,8-9H,6-7,10-11H2,1H3,(H2,20,26,27). The van der Waals surface area contributed by atoms with E-state index in [1.807, 2.05) is 0 Å². The molecule has 10 nitrogen and oxygen atoms in total. The molecule has 4 rings (SSSR count). The number of methoxy groups -OCH3 is 1. The maximum atomic E-state index is 12.7. The first-order valence-electron chi connectivity index (χ1n) is 9.08. The van der Waals surface area contributed by atoms with Crippen molar-refractivity contribution in [2.45, 2.75) is 23.3 Å². The monoisotopic (exact) mass is 433 g/mol. The lowest BCUT2D eigenvalue weighted by molar-refractivity contribution is -0.384. The van der Waals surface area contributed by atoms with Crippen LogP contribution in [-0.4, -0.2) is 44.9 Å². The Kier molecular flexibility index (Phi) is 4.66. The Hall–Kier alpha value is -3.18. The van der Waals surface area contributed by atoms with Crippen molar-refractivity contribution >= 4 is 27.2 Å². The van der Waals surface area contributed by atoms with Crippen molar-refractivity contribution in [3.05, 3.63) is 52.1 Å². The van der Waals surface area contributed by atoms with Crippen LogP contribution in [-0.2, 0) is 10.0 Å². The van der Waals surface area contributed by atoms with Gasteiger partial charge in [0.15, 0.2) is 5.78 Å². The van der Waals surface area contributed by atoms with Gasteiger partial charge in [-0.3, -0.25) is 14.9 Å². The molecule has 0 aliphatic carbocycles. The van der Waals surface area contributed by atoms with E-state index < -0.39 is 20.5 Å². The highest BCUT2D eigenvalue weighted by molar-refractivity contribution is 7.89. The third-order valence-electron chi connectivity index (χ3n) is 5.43. The Morgan fingerprint density at radius 3 is 2.70 bits per heavy atom. The van der Waals surface area contributed by atoms with Crippen LogP contribution < -0.4 is 19.5 Å². The molecule has 2 N–H and O–H groups in total. The van der Waals surface area contributed by atoms with Crippen LogP contribution in [0.3, 0.4) is 0 Å². The summed E-state index contributed by atoms with van der Waals surface area (Å²) >= 11 is 0. The van der Waals surface area contributed by atoms with E-state index in [9.17, 15) is 23.3 Å². The smallest absolute Gasteiger partial charge is 0.293 e. The minimum absolute atomic E-state index is 0.0870. The summed E-state index contributed by atoms with van der Waals surface area (Å²) in [5.41, 5.74) is -0.487. The number of sulfonamides is 1. The van der Waals surface area contributed by atoms with Gasteiger partial charge >= 0.3 is 0 Å². The molecular weight excluding hydrogens is 414 g/mol. The first-order chi connectivity index (χ1) is 14.1. The van der Waals surface area contributed by atoms with Gasteiger partial charge in [0.2, 0.25) is 10.0 Å². The summed E-state index contributed by atoms with van der Waals surface area (Å²) in [6.45, 7) is 0.661. The van der Waals surface area contributed by atoms with Crippen molar-refractivity contribution in [2.24, 2.45) is 5.14 Å². The Balaban J connectivity index is 1.65. The minimum Gasteiger partial charge on any atom is -0.497 e. The van der Waals surface area contributed by atoms with Gasteiger partial charge in [-0.1, -0.05) is 0 Å². The number of carbonyl (C=O) groups is 1. The predicted octanol–water partition coefficient (Wildman–Crippen LogP) is 1.87. The fourth-order valence-electron chi connectivity index (χ4n) is 3.97. The van der Waals surface area contributed by atoms with E-state index in [1.165, 1.54) is 19.2 Å². The second-order valence-electron chi connectivity index (χ2n) is 7.37. The molecule has 2 aromatic rings. The maximum Gasteiger partial charge on any atom is 0.293 e. The largest absolute Gasteiger partial charge is 0.497 e. The molecule has 1 spiro atoms. The molecule has 0 amide bonds. The van der Waals surface area contributed by atoms with Gasteiger partial charge in [-0.25, -0.2) is 13.6 Å². The molecule has 0 saturated carbocycles. The molecular formula is C19H19N3O7S. The van der Waals surface area contributed by atoms with Gasteiger partial charge in [-0.05, 0) is 30.3 Å². The number of fused-ring (bicyclic) bond motifs is 1. The van der Waals surface area contributed by atoms with Crippen molar-refractivity contribution in [1.29, 1.82) is 0 Å². The summed E-state index contributed by atoms with van der Waals surface area (Å²) in [6, 6.07) is 8.56. The maximum absolute atomic E-state index is 12.7. The summed E-state index contributed by atoms with van der Waals surface area (Å²) in [6.07, 6.45) is 0.616. The van der Waals surface area contributed by atoms with Crippen LogP contribution in [0.15, 0.2) is 41.3 Å². The van der Waals surface area contributed by atoms with Crippen molar-refractivity contribution in [2.75, 3.05) is 25.1 Å². The number of rotatable bonds is 4. The van der Waals surface area contributed by atoms with Crippen LogP contribution in [0.25, 0.3) is 0 Å². The van der Waals surface area contributed by atoms with Crippen LogP contribution >= 0.6 is 0 Å². The number of carbonyl (C=O) groups excluding carboxylic acids is 1. The number of hydrogen-bond acceptors (Lipinski definition) is 8. The highest BCUT2D eigenvalue weighted by Crippen LogP contribution is 2.42. The number of Topliss-reactive ketones (excluding diaryl/α,β-unsaturated/α-hetero) is 1. The Morgan fingerprint density at radius 1 is 1.27 bits per heavy atom. The molecule has 158 valence electrons. The van der Waals surface area contributed by atoms with Crippen molar-refractivity contribution in [3.8, 4) is 11.5 Å². The molecule has 2 aliphatic rings. The average Bonchev–Trinajstić information content (AvgIpc) is 3.09. The van der Waals surface area contributed by atoms with Gasteiger partial charge in [0.1, 0.15) is 22.8 Å². The van der Waals surface area contributed by atoms with E-state index in [0.717, 1.165) is 6.07 Å². The number of nitrogens with zero attached hydrogens (tertiary/aromatic N) is 2. The van der Waals surface area contributed by atoms with E-state index in [2.05, 4.69) is 0 Å². The number of ketones is 1. The number of primary sulfonamides is 1. The summed E-state index contributed by atoms with van der Waals surface area (Å²) < 4.78 is 34.4. The van der Waals surface area contributed by atoms with Crippen LogP contribution in [0, 0.1) is 10.1 Å². The molecule has 11 heteroatoms. The Labute approximate surface area is 172 Å². The van der Waals surface area contributed by atoms with E-state index in [0.29, 0.717) is 30.0 Å². The highest BCUT2D eigenvalue weighted by atomic mass is 32.2. The third-order valence-corrected chi connectivity index (χ3v) is 6.34. The third kappa shape index (κ3) is 3.46. The molecule has 1 saturated heterocycles. The van der Waals surface area contributed by atoms with Gasteiger partial charge in [0, 0.05) is 19.0 Å². The lowest BCUT2D eigenvalue weighted by atomic mass is 9.89. The lowest BCUT2D eigenvalue weighted by Gasteiger charge is -2.35. The van der Waals surface area contributed by atoms with E-state index in [1.54, 1.807) is 23.1 Å². The quantitative estimate of drug-likeness (QED) is 0.569. The number of nitrogens with two attached hydrogens (primary N) is 1. The second kappa shape index (κ2) is 6.96. The summed E-state index contributed by atoms with van der Waals surface area (Å²) in [7, 11) is -2.56. The molecule has 1 unspecified atom stereocenters. The number of nitro groups is 1. The molecule has 1 atom stereocenters. The van der Waals surface area contributed by atoms with Gasteiger partial charge in [-0.2, -0.15) is 0 Å². The van der Waals surface area contributed by atoms with Crippen LogP contribution in [0.2, 0.25) is 0 Å². The zero-order chi connectivity index (χ0) is 21.7. The zero-order valence-corrected chi connectivity index (χ0v) is 16.8. The number of benzene rings is 2. The number of hydrogen-bond donors (Lipinski definition) is 1. The van der Waals surface area contributed by atoms with Crippen molar-refractivity contribution < 1.29 is 27.6 Å². The first-order valence-corrected chi connectivity index (χ1v) is 10.6. The van der Waals surface area contributed by atoms with Gasteiger partial charge < -0.3 is 14.4 Å². The topological polar surface area (TPSA) is 142 Å². The van der Waals surface area contributed by atoms with Gasteiger partial charge in [0.25, 0.3) is 5.69 Å². The van der Waals surface area contributed by atoms with Gasteiger partial charge in [-0.15, -0.1) is 0 Å². The molecule has 2 aliphatic heterocycles. The molecule has 0 radical (unpaired) electrons. The van der Waals surface area contributed by atoms with E-state index in [4.69, 9.17) is 14.6 Å². The zero-order valence-electron chi connectivity index (χ0n) is 16.0. The highest BCUT2D eigenvalue weighted by Gasteiger charge is 2.47. The Morgan fingerprint density at radius 2 is 2.03 bits per heavy atom. The van der Waals surface area contributed by atoms with E-state index in [-0.39, 0.29) is 35.0 Å². The lowest BCUT2D eigenvalue weighted by Crippen LogP contribution is -2.44. The minimum atomic E-state index is -4.08. The van der Waals surface area contributed by atoms with Gasteiger partial charge in [0.05, 0.1) is 35.5 Å². The number of anilines is 1. The van der Waals surface area contributed by atoms with Crippen LogP contribution in [0.1, 0.15) is 23.2 Å². The molecule has 2 heterocycles. The number of ether oxygens (including phenoxy) is 2. The normalized spacial score (nSPS) is 20.7. The first kappa shape index (κ1) is 20.1. The van der Waals surface area contributed by atoms with Crippen LogP contribution in [0.5, 0.6) is 11.5 Å². The molecule has 30 heavy (non-hydrogen) atoms. The SMILES string of the molecule is COc1ccc2c(c1)C(=O)CC1(CCN(c3ccc(S(N)(=O)=O)cc3[N+](=O)[O-])C1)O2. The predicted molar refractivity (Wildman–Crippen MR) is 107 cm³/mol. The molecule has 0 aromatic heterocycles. The van der Waals surface area contributed by atoms with E-state index >= 15 is 0 Å². The average molecular weight is 433 g/mol. The number of nitro benzene ring substituents is 1. The molecule has 2 aromatic carbocycles. The van der Waals surface area contributed by atoms with Crippen LogP contribution in [0.4, 0.5) is 11.4 Å². The second-order valence-corrected chi connectivity index (χ2v) is 8.93. The van der Waals surface area contributed by atoms with Crippen molar-refractivity contribution in [1.82, 2.24) is 0 Å². The van der Waals surface area contributed by atoms with Crippen molar-refractivity contribution in [3.63, 3.8) is 0 Å². The summed E-state index contributed by atoms with van der Waals surface area (Å²) in [5, 5.41) is 16.6. The Bertz CT molecular complexity index is 1160. The fraction of sp³-hybridized carbons (Fsp3) is 0.316. The molecule has 0 bridgehead atoms. The fourth-order valence-corrected chi connectivity index (χ4v) is 4.51. The summed E-state index contributed by atoms with van der Waals surface area (Å²) in [4.78, 5) is 25.0. The summed E-state index contributed by atoms with van der Waals surface area (Å²) in [5.74, 6) is 0.921. The molecule has 1 fully saturated rings.